The van der Waals surface area contributed by atoms with Gasteiger partial charge in [-0.15, -0.1) is 0 Å². The molecule has 0 saturated carbocycles. The number of nitrogens with zero attached hydrogens (tertiary/aromatic N) is 2. The number of aromatic nitrogens is 2. The van der Waals surface area contributed by atoms with Crippen molar-refractivity contribution in [1.82, 2.24) is 10.1 Å². The highest BCUT2D eigenvalue weighted by Crippen LogP contribution is 2.32. The molecule has 1 heterocycles. The summed E-state index contributed by atoms with van der Waals surface area (Å²) in [6, 6.07) is 7.42. The van der Waals surface area contributed by atoms with E-state index in [0.717, 1.165) is 12.1 Å². The lowest BCUT2D eigenvalue weighted by atomic mass is 10.2. The van der Waals surface area contributed by atoms with Crippen LogP contribution in [0.5, 0.6) is 5.75 Å². The molecule has 7 heteroatoms. The molecule has 0 fully saturated rings. The summed E-state index contributed by atoms with van der Waals surface area (Å²) in [5.41, 5.74) is 0.606. The number of rotatable bonds is 2. The van der Waals surface area contributed by atoms with Gasteiger partial charge in [-0.2, -0.15) is 4.98 Å². The summed E-state index contributed by atoms with van der Waals surface area (Å²) in [6.07, 6.45) is 0. The van der Waals surface area contributed by atoms with E-state index < -0.39 is 11.6 Å². The second kappa shape index (κ2) is 5.25. The first kappa shape index (κ1) is 13.7. The van der Waals surface area contributed by atoms with Crippen molar-refractivity contribution in [3.63, 3.8) is 0 Å². The molecule has 106 valence electrons. The Morgan fingerprint density at radius 3 is 2.48 bits per heavy atom. The summed E-state index contributed by atoms with van der Waals surface area (Å²) in [7, 11) is 0. The Hall–Kier alpha value is -2.28. The van der Waals surface area contributed by atoms with E-state index in [0.29, 0.717) is 10.0 Å². The van der Waals surface area contributed by atoms with Crippen LogP contribution in [0.25, 0.3) is 22.8 Å². The van der Waals surface area contributed by atoms with Crippen molar-refractivity contribution in [2.45, 2.75) is 0 Å². The number of halogens is 3. The Kier molecular flexibility index (Phi) is 3.42. The van der Waals surface area contributed by atoms with Crippen LogP contribution in [-0.2, 0) is 0 Å². The first-order chi connectivity index (χ1) is 10.0. The summed E-state index contributed by atoms with van der Waals surface area (Å²) in [5.74, 6) is -0.953. The van der Waals surface area contributed by atoms with Crippen LogP contribution >= 0.6 is 15.9 Å². The largest absolute Gasteiger partial charge is 0.507 e. The molecule has 0 spiro atoms. The second-order valence-electron chi connectivity index (χ2n) is 4.21. The average molecular weight is 353 g/mol. The van der Waals surface area contributed by atoms with Crippen LogP contribution in [0.2, 0.25) is 0 Å². The summed E-state index contributed by atoms with van der Waals surface area (Å²) in [6.45, 7) is 0. The molecule has 1 aromatic heterocycles. The predicted molar refractivity (Wildman–Crippen MR) is 74.5 cm³/mol. The predicted octanol–water partition coefficient (Wildman–Crippen LogP) is 4.15. The lowest BCUT2D eigenvalue weighted by Gasteiger charge is -1.99. The zero-order chi connectivity index (χ0) is 15.0. The third-order valence-electron chi connectivity index (χ3n) is 2.79. The van der Waals surface area contributed by atoms with E-state index in [9.17, 15) is 13.9 Å². The van der Waals surface area contributed by atoms with Crippen LogP contribution in [0.1, 0.15) is 0 Å². The third-order valence-corrected chi connectivity index (χ3v) is 3.44. The summed E-state index contributed by atoms with van der Waals surface area (Å²) in [5, 5.41) is 13.5. The van der Waals surface area contributed by atoms with E-state index in [2.05, 4.69) is 26.1 Å². The Labute approximate surface area is 126 Å². The zero-order valence-corrected chi connectivity index (χ0v) is 11.9. The smallest absolute Gasteiger partial charge is 0.262 e. The normalized spacial score (nSPS) is 10.8. The van der Waals surface area contributed by atoms with Crippen LogP contribution < -0.4 is 0 Å². The molecule has 0 atom stereocenters. The van der Waals surface area contributed by atoms with Crippen LogP contribution in [0, 0.1) is 11.6 Å². The SMILES string of the molecule is Oc1ccc(F)cc1-c1nc(-c2ccc(F)cc2Br)no1. The maximum atomic E-state index is 13.2. The Morgan fingerprint density at radius 2 is 1.71 bits per heavy atom. The topological polar surface area (TPSA) is 59.2 Å². The van der Waals surface area contributed by atoms with Crippen molar-refractivity contribution in [3.8, 4) is 28.6 Å². The minimum Gasteiger partial charge on any atom is -0.507 e. The molecule has 0 bridgehead atoms. The number of phenolic OH excluding ortho intramolecular Hbond substituents is 1. The summed E-state index contributed by atoms with van der Waals surface area (Å²) < 4.78 is 31.8. The molecular formula is C14H7BrF2N2O2. The molecular weight excluding hydrogens is 346 g/mol. The second-order valence-corrected chi connectivity index (χ2v) is 5.06. The molecule has 3 aromatic rings. The van der Waals surface area contributed by atoms with Gasteiger partial charge in [0.25, 0.3) is 5.89 Å². The molecule has 21 heavy (non-hydrogen) atoms. The standard InChI is InChI=1S/C14H7BrF2N2O2/c15-11-6-8(17)1-3-9(11)13-18-14(21-19-13)10-5-7(16)2-4-12(10)20/h1-6,20H. The van der Waals surface area contributed by atoms with Crippen molar-refractivity contribution in [2.75, 3.05) is 0 Å². The molecule has 3 rings (SSSR count). The van der Waals surface area contributed by atoms with Gasteiger partial charge in [0.1, 0.15) is 17.4 Å². The van der Waals surface area contributed by atoms with Crippen molar-refractivity contribution in [2.24, 2.45) is 0 Å². The minimum absolute atomic E-state index is 0.0294. The lowest BCUT2D eigenvalue weighted by molar-refractivity contribution is 0.425. The van der Waals surface area contributed by atoms with Gasteiger partial charge in [-0.05, 0) is 52.3 Å². The molecule has 0 unspecified atom stereocenters. The Bertz CT molecular complexity index is 820. The maximum absolute atomic E-state index is 13.2. The average Bonchev–Trinajstić information content (AvgIpc) is 2.91. The first-order valence-electron chi connectivity index (χ1n) is 5.82. The van der Waals surface area contributed by atoms with Gasteiger partial charge in [0.05, 0.1) is 5.56 Å². The van der Waals surface area contributed by atoms with Gasteiger partial charge < -0.3 is 9.63 Å². The zero-order valence-electron chi connectivity index (χ0n) is 10.3. The monoisotopic (exact) mass is 352 g/mol. The Morgan fingerprint density at radius 1 is 1.00 bits per heavy atom. The van der Waals surface area contributed by atoms with E-state index in [1.165, 1.54) is 24.3 Å². The number of aromatic hydroxyl groups is 1. The van der Waals surface area contributed by atoms with Gasteiger partial charge >= 0.3 is 0 Å². The fourth-order valence-corrected chi connectivity index (χ4v) is 2.32. The van der Waals surface area contributed by atoms with Gasteiger partial charge in [0, 0.05) is 10.0 Å². The van der Waals surface area contributed by atoms with Gasteiger partial charge in [0.15, 0.2) is 0 Å². The summed E-state index contributed by atoms with van der Waals surface area (Å²) in [4.78, 5) is 4.09. The molecule has 0 radical (unpaired) electrons. The van der Waals surface area contributed by atoms with E-state index in [-0.39, 0.29) is 23.0 Å². The van der Waals surface area contributed by atoms with E-state index in [4.69, 9.17) is 4.52 Å². The van der Waals surface area contributed by atoms with E-state index in [1.54, 1.807) is 0 Å². The van der Waals surface area contributed by atoms with Crippen LogP contribution in [-0.4, -0.2) is 15.2 Å². The summed E-state index contributed by atoms with van der Waals surface area (Å²) >= 11 is 3.20. The number of phenols is 1. The Balaban J connectivity index is 2.06. The van der Waals surface area contributed by atoms with Crippen LogP contribution in [0.3, 0.4) is 0 Å². The molecule has 0 aliphatic rings. The fraction of sp³-hybridized carbons (Fsp3) is 0. The number of benzene rings is 2. The van der Waals surface area contributed by atoms with Crippen LogP contribution in [0.4, 0.5) is 8.78 Å². The van der Waals surface area contributed by atoms with Crippen molar-refractivity contribution in [1.29, 1.82) is 0 Å². The molecule has 1 N–H and O–H groups in total. The maximum Gasteiger partial charge on any atom is 0.262 e. The van der Waals surface area contributed by atoms with Crippen LogP contribution in [0.15, 0.2) is 45.4 Å². The van der Waals surface area contributed by atoms with E-state index in [1.807, 2.05) is 0 Å². The highest BCUT2D eigenvalue weighted by atomic mass is 79.9. The quantitative estimate of drug-likeness (QED) is 0.752. The molecule has 0 aliphatic carbocycles. The number of hydrogen-bond donors (Lipinski definition) is 1. The van der Waals surface area contributed by atoms with Gasteiger partial charge in [-0.1, -0.05) is 5.16 Å². The fourth-order valence-electron chi connectivity index (χ4n) is 1.79. The first-order valence-corrected chi connectivity index (χ1v) is 6.62. The van der Waals surface area contributed by atoms with Gasteiger partial charge in [-0.3, -0.25) is 0 Å². The molecule has 0 saturated heterocycles. The molecule has 0 amide bonds. The highest BCUT2D eigenvalue weighted by Gasteiger charge is 2.16. The number of hydrogen-bond acceptors (Lipinski definition) is 4. The van der Waals surface area contributed by atoms with Crippen molar-refractivity contribution < 1.29 is 18.4 Å². The van der Waals surface area contributed by atoms with E-state index >= 15 is 0 Å². The molecule has 2 aromatic carbocycles. The van der Waals surface area contributed by atoms with Gasteiger partial charge in [-0.25, -0.2) is 8.78 Å². The third kappa shape index (κ3) is 2.64. The van der Waals surface area contributed by atoms with Gasteiger partial charge in [0.2, 0.25) is 5.82 Å². The molecule has 0 aliphatic heterocycles. The molecule has 4 nitrogen and oxygen atoms in total. The van der Waals surface area contributed by atoms with Crippen molar-refractivity contribution in [3.05, 3.63) is 52.5 Å². The minimum atomic E-state index is -0.537. The lowest BCUT2D eigenvalue weighted by Crippen LogP contribution is -1.85. The van der Waals surface area contributed by atoms with Crippen molar-refractivity contribution >= 4 is 15.9 Å². The highest BCUT2D eigenvalue weighted by molar-refractivity contribution is 9.10.